The number of methoxy groups -OCH3 is 1. The predicted octanol–water partition coefficient (Wildman–Crippen LogP) is 4.08. The van der Waals surface area contributed by atoms with E-state index in [1.165, 1.54) is 23.9 Å². The number of amides is 1. The van der Waals surface area contributed by atoms with Gasteiger partial charge in [-0.2, -0.15) is 0 Å². The van der Waals surface area contributed by atoms with E-state index in [4.69, 9.17) is 9.47 Å². The third kappa shape index (κ3) is 4.62. The molecular weight excluding hydrogens is 433 g/mol. The number of hydrogen-bond acceptors (Lipinski definition) is 6. The molecule has 4 rings (SSSR count). The summed E-state index contributed by atoms with van der Waals surface area (Å²) in [4.78, 5) is 32.7. The molecule has 1 unspecified atom stereocenters. The molecule has 0 fully saturated rings. The van der Waals surface area contributed by atoms with Gasteiger partial charge in [0.2, 0.25) is 5.91 Å². The maximum atomic E-state index is 13.1. The Morgan fingerprint density at radius 3 is 2.66 bits per heavy atom. The quantitative estimate of drug-likeness (QED) is 0.412. The lowest BCUT2D eigenvalue weighted by atomic mass is 9.86. The van der Waals surface area contributed by atoms with E-state index in [0.717, 1.165) is 11.1 Å². The summed E-state index contributed by atoms with van der Waals surface area (Å²) in [5.41, 5.74) is 1.75. The van der Waals surface area contributed by atoms with Gasteiger partial charge in [0.15, 0.2) is 16.7 Å². The SMILES string of the molecule is CCOc1ccc(C2CC(=O)Nc3nc(SCc4ccc(F)cc4)[nH]c(=O)c32)cc1OC. The monoisotopic (exact) mass is 455 g/mol. The Morgan fingerprint density at radius 1 is 1.16 bits per heavy atom. The first-order valence-electron chi connectivity index (χ1n) is 10.1. The molecule has 1 amide bonds. The molecular formula is C23H22FN3O4S. The van der Waals surface area contributed by atoms with Gasteiger partial charge < -0.3 is 19.8 Å². The van der Waals surface area contributed by atoms with Crippen LogP contribution in [0.1, 0.15) is 36.0 Å². The summed E-state index contributed by atoms with van der Waals surface area (Å²) >= 11 is 1.30. The fraction of sp³-hybridized carbons (Fsp3) is 0.261. The molecule has 2 heterocycles. The van der Waals surface area contributed by atoms with Gasteiger partial charge in [0.25, 0.3) is 5.56 Å². The van der Waals surface area contributed by atoms with Crippen LogP contribution in [0.2, 0.25) is 0 Å². The molecule has 166 valence electrons. The van der Waals surface area contributed by atoms with Crippen LogP contribution in [0.15, 0.2) is 52.4 Å². The summed E-state index contributed by atoms with van der Waals surface area (Å²) in [6.45, 7) is 2.37. The molecule has 0 radical (unpaired) electrons. The number of halogens is 1. The Kier molecular flexibility index (Phi) is 6.45. The van der Waals surface area contributed by atoms with Crippen LogP contribution in [0.4, 0.5) is 10.2 Å². The number of rotatable bonds is 7. The molecule has 0 bridgehead atoms. The van der Waals surface area contributed by atoms with Crippen molar-refractivity contribution in [3.8, 4) is 11.5 Å². The molecule has 1 aliphatic heterocycles. The number of nitrogens with zero attached hydrogens (tertiary/aromatic N) is 1. The summed E-state index contributed by atoms with van der Waals surface area (Å²) in [5, 5.41) is 3.10. The zero-order chi connectivity index (χ0) is 22.7. The number of carbonyl (C=O) groups excluding carboxylic acids is 1. The Labute approximate surface area is 188 Å². The maximum Gasteiger partial charge on any atom is 0.257 e. The lowest BCUT2D eigenvalue weighted by molar-refractivity contribution is -0.116. The fourth-order valence-corrected chi connectivity index (χ4v) is 4.43. The van der Waals surface area contributed by atoms with Gasteiger partial charge >= 0.3 is 0 Å². The number of nitrogens with one attached hydrogen (secondary N) is 2. The van der Waals surface area contributed by atoms with Crippen molar-refractivity contribution in [3.05, 3.63) is 75.3 Å². The Balaban J connectivity index is 1.64. The molecule has 2 N–H and O–H groups in total. The number of benzene rings is 2. The number of H-pyrrole nitrogens is 1. The van der Waals surface area contributed by atoms with E-state index in [-0.39, 0.29) is 29.5 Å². The molecule has 7 nitrogen and oxygen atoms in total. The van der Waals surface area contributed by atoms with Crippen molar-refractivity contribution in [2.24, 2.45) is 0 Å². The van der Waals surface area contributed by atoms with Crippen LogP contribution < -0.4 is 20.3 Å². The predicted molar refractivity (Wildman–Crippen MR) is 120 cm³/mol. The molecule has 0 spiro atoms. The van der Waals surface area contributed by atoms with E-state index in [2.05, 4.69) is 15.3 Å². The van der Waals surface area contributed by atoms with E-state index in [0.29, 0.717) is 34.6 Å². The highest BCUT2D eigenvalue weighted by molar-refractivity contribution is 7.98. The molecule has 2 aromatic carbocycles. The molecule has 1 aromatic heterocycles. The first-order chi connectivity index (χ1) is 15.5. The van der Waals surface area contributed by atoms with Crippen molar-refractivity contribution in [2.75, 3.05) is 19.0 Å². The Morgan fingerprint density at radius 2 is 1.94 bits per heavy atom. The van der Waals surface area contributed by atoms with Gasteiger partial charge in [-0.3, -0.25) is 9.59 Å². The molecule has 0 aliphatic carbocycles. The summed E-state index contributed by atoms with van der Waals surface area (Å²) in [7, 11) is 1.54. The van der Waals surface area contributed by atoms with Gasteiger partial charge in [0.05, 0.1) is 19.3 Å². The molecule has 32 heavy (non-hydrogen) atoms. The molecule has 1 atom stereocenters. The first kappa shape index (κ1) is 21.9. The van der Waals surface area contributed by atoms with E-state index in [9.17, 15) is 14.0 Å². The van der Waals surface area contributed by atoms with E-state index >= 15 is 0 Å². The highest BCUT2D eigenvalue weighted by Crippen LogP contribution is 2.38. The number of ether oxygens (including phenoxy) is 2. The summed E-state index contributed by atoms with van der Waals surface area (Å²) < 4.78 is 24.1. The molecule has 0 saturated heterocycles. The van der Waals surface area contributed by atoms with E-state index in [1.54, 1.807) is 31.4 Å². The highest BCUT2D eigenvalue weighted by atomic mass is 32.2. The third-order valence-corrected chi connectivity index (χ3v) is 6.05. The maximum absolute atomic E-state index is 13.1. The van der Waals surface area contributed by atoms with Gasteiger partial charge in [-0.15, -0.1) is 0 Å². The smallest absolute Gasteiger partial charge is 0.257 e. The van der Waals surface area contributed by atoms with Crippen molar-refractivity contribution in [1.82, 2.24) is 9.97 Å². The number of fused-ring (bicyclic) bond motifs is 1. The molecule has 3 aromatic rings. The van der Waals surface area contributed by atoms with Gasteiger partial charge in [-0.25, -0.2) is 9.37 Å². The van der Waals surface area contributed by atoms with Crippen LogP contribution in [0.5, 0.6) is 11.5 Å². The van der Waals surface area contributed by atoms with Crippen LogP contribution in [-0.2, 0) is 10.5 Å². The van der Waals surface area contributed by atoms with E-state index < -0.39 is 5.92 Å². The lowest BCUT2D eigenvalue weighted by Crippen LogP contribution is -2.31. The van der Waals surface area contributed by atoms with Crippen LogP contribution in [0.25, 0.3) is 0 Å². The first-order valence-corrected chi connectivity index (χ1v) is 11.1. The Bertz CT molecular complexity index is 1200. The minimum absolute atomic E-state index is 0.122. The molecule has 0 saturated carbocycles. The van der Waals surface area contributed by atoms with Crippen LogP contribution in [0, 0.1) is 5.82 Å². The average molecular weight is 456 g/mol. The second kappa shape index (κ2) is 9.44. The van der Waals surface area contributed by atoms with Crippen LogP contribution in [0.3, 0.4) is 0 Å². The fourth-order valence-electron chi connectivity index (χ4n) is 3.61. The highest BCUT2D eigenvalue weighted by Gasteiger charge is 2.31. The zero-order valence-corrected chi connectivity index (χ0v) is 18.4. The Hall–Kier alpha value is -3.33. The number of anilines is 1. The lowest BCUT2D eigenvalue weighted by Gasteiger charge is -2.25. The second-order valence-electron chi connectivity index (χ2n) is 7.20. The van der Waals surface area contributed by atoms with E-state index in [1.807, 2.05) is 13.0 Å². The standard InChI is InChI=1S/C23H22FN3O4S/c1-3-31-17-9-6-14(10-18(17)30-2)16-11-19(28)25-21-20(16)22(29)27-23(26-21)32-12-13-4-7-15(24)8-5-13/h4-10,16H,3,11-12H2,1-2H3,(H2,25,26,27,28,29). The van der Waals surface area contributed by atoms with Crippen molar-refractivity contribution < 1.29 is 18.7 Å². The van der Waals surface area contributed by atoms with Gasteiger partial charge in [-0.1, -0.05) is 30.0 Å². The topological polar surface area (TPSA) is 93.3 Å². The number of hydrogen-bond donors (Lipinski definition) is 2. The third-order valence-electron chi connectivity index (χ3n) is 5.11. The van der Waals surface area contributed by atoms with Crippen LogP contribution >= 0.6 is 11.8 Å². The molecule has 1 aliphatic rings. The minimum Gasteiger partial charge on any atom is -0.493 e. The average Bonchev–Trinajstić information content (AvgIpc) is 2.78. The molecule has 9 heteroatoms. The normalized spacial score (nSPS) is 15.1. The number of thioether (sulfide) groups is 1. The van der Waals surface area contributed by atoms with Gasteiger partial charge in [-0.05, 0) is 42.3 Å². The number of aromatic nitrogens is 2. The van der Waals surface area contributed by atoms with Gasteiger partial charge in [0.1, 0.15) is 11.6 Å². The number of aromatic amines is 1. The summed E-state index contributed by atoms with van der Waals surface area (Å²) in [6.07, 6.45) is 0.122. The summed E-state index contributed by atoms with van der Waals surface area (Å²) in [5.74, 6) is 0.892. The van der Waals surface area contributed by atoms with Crippen LogP contribution in [-0.4, -0.2) is 29.6 Å². The largest absolute Gasteiger partial charge is 0.493 e. The van der Waals surface area contributed by atoms with Gasteiger partial charge in [0, 0.05) is 18.1 Å². The minimum atomic E-state index is -0.462. The van der Waals surface area contributed by atoms with Crippen molar-refractivity contribution in [3.63, 3.8) is 0 Å². The summed E-state index contributed by atoms with van der Waals surface area (Å²) in [6, 6.07) is 11.5. The number of carbonyl (C=O) groups is 1. The van der Waals surface area contributed by atoms with Crippen molar-refractivity contribution in [2.45, 2.75) is 30.2 Å². The second-order valence-corrected chi connectivity index (χ2v) is 8.16. The van der Waals surface area contributed by atoms with Crippen molar-refractivity contribution >= 4 is 23.5 Å². The zero-order valence-electron chi connectivity index (χ0n) is 17.6. The van der Waals surface area contributed by atoms with Crippen molar-refractivity contribution in [1.29, 1.82) is 0 Å².